The summed E-state index contributed by atoms with van der Waals surface area (Å²) in [5.41, 5.74) is 0.950. The van der Waals surface area contributed by atoms with Crippen molar-refractivity contribution >= 4 is 5.78 Å². The number of allylic oxidation sites excluding steroid dienone is 1. The second-order valence-electron chi connectivity index (χ2n) is 4.11. The van der Waals surface area contributed by atoms with Crippen LogP contribution in [0.5, 0.6) is 0 Å². The third-order valence-electron chi connectivity index (χ3n) is 2.93. The zero-order valence-corrected chi connectivity index (χ0v) is 9.04. The maximum absolute atomic E-state index is 11.3. The number of Topliss-reactive ketones (excluding diaryl/α,β-unsaturated/α-hetero) is 1. The predicted octanol–water partition coefficient (Wildman–Crippen LogP) is 2.21. The topological polar surface area (TPSA) is 35.5 Å². The molecule has 1 heterocycles. The van der Waals surface area contributed by atoms with Gasteiger partial charge < -0.3 is 9.47 Å². The van der Waals surface area contributed by atoms with Gasteiger partial charge in [-0.05, 0) is 37.7 Å². The molecule has 1 fully saturated rings. The number of hydrogen-bond donors (Lipinski definition) is 0. The Bertz CT molecular complexity index is 252. The van der Waals surface area contributed by atoms with Crippen LogP contribution in [0.3, 0.4) is 0 Å². The van der Waals surface area contributed by atoms with Gasteiger partial charge in [-0.2, -0.15) is 0 Å². The minimum Gasteiger partial charge on any atom is -0.353 e. The first kappa shape index (κ1) is 10.8. The van der Waals surface area contributed by atoms with E-state index in [-0.39, 0.29) is 6.29 Å². The number of carbonyl (C=O) groups is 1. The Morgan fingerprint density at radius 2 is 2.40 bits per heavy atom. The van der Waals surface area contributed by atoms with Gasteiger partial charge in [0.05, 0.1) is 6.61 Å². The van der Waals surface area contributed by atoms with E-state index in [4.69, 9.17) is 9.47 Å². The Morgan fingerprint density at radius 3 is 3.07 bits per heavy atom. The van der Waals surface area contributed by atoms with Gasteiger partial charge in [0.15, 0.2) is 12.1 Å². The minimum atomic E-state index is -0.0316. The molecule has 0 bridgehead atoms. The molecule has 1 unspecified atom stereocenters. The highest BCUT2D eigenvalue weighted by atomic mass is 16.7. The highest BCUT2D eigenvalue weighted by Crippen LogP contribution is 2.18. The Morgan fingerprint density at radius 1 is 1.47 bits per heavy atom. The van der Waals surface area contributed by atoms with Crippen molar-refractivity contribution in [3.8, 4) is 0 Å². The minimum absolute atomic E-state index is 0.0316. The summed E-state index contributed by atoms with van der Waals surface area (Å²) in [5.74, 6) is 0.295. The molecule has 0 saturated carbocycles. The summed E-state index contributed by atoms with van der Waals surface area (Å²) in [4.78, 5) is 11.3. The van der Waals surface area contributed by atoms with Crippen LogP contribution in [0, 0.1) is 0 Å². The van der Waals surface area contributed by atoms with Crippen LogP contribution in [-0.4, -0.2) is 25.3 Å². The van der Waals surface area contributed by atoms with Gasteiger partial charge in [0, 0.05) is 13.0 Å². The number of carbonyl (C=O) groups excluding carboxylic acids is 1. The highest BCUT2D eigenvalue weighted by Gasteiger charge is 2.17. The third kappa shape index (κ3) is 3.14. The first-order valence-corrected chi connectivity index (χ1v) is 5.82. The molecular formula is C12H18O3. The zero-order valence-electron chi connectivity index (χ0n) is 9.04. The van der Waals surface area contributed by atoms with Gasteiger partial charge in [-0.25, -0.2) is 0 Å². The molecule has 3 nitrogen and oxygen atoms in total. The van der Waals surface area contributed by atoms with E-state index in [1.807, 2.05) is 6.08 Å². The summed E-state index contributed by atoms with van der Waals surface area (Å²) >= 11 is 0. The van der Waals surface area contributed by atoms with E-state index in [0.717, 1.165) is 37.9 Å². The third-order valence-corrected chi connectivity index (χ3v) is 2.93. The van der Waals surface area contributed by atoms with Crippen LogP contribution in [0.25, 0.3) is 0 Å². The van der Waals surface area contributed by atoms with Crippen LogP contribution in [0.2, 0.25) is 0 Å². The summed E-state index contributed by atoms with van der Waals surface area (Å²) in [6, 6.07) is 0. The van der Waals surface area contributed by atoms with Crippen molar-refractivity contribution in [2.75, 3.05) is 13.2 Å². The van der Waals surface area contributed by atoms with Crippen LogP contribution in [0.15, 0.2) is 11.6 Å². The lowest BCUT2D eigenvalue weighted by molar-refractivity contribution is -0.161. The number of ether oxygens (including phenoxy) is 2. The second-order valence-corrected chi connectivity index (χ2v) is 4.11. The predicted molar refractivity (Wildman–Crippen MR) is 56.5 cm³/mol. The summed E-state index contributed by atoms with van der Waals surface area (Å²) in [6.07, 6.45) is 7.67. The molecule has 1 aliphatic heterocycles. The van der Waals surface area contributed by atoms with Crippen molar-refractivity contribution in [2.24, 2.45) is 0 Å². The van der Waals surface area contributed by atoms with E-state index in [1.165, 1.54) is 6.42 Å². The standard InChI is InChI=1S/C12H18O3/c13-11-5-3-4-10(11)7-9-15-12-6-1-2-8-14-12/h4,12H,1-3,5-9H2. The molecule has 1 saturated heterocycles. The van der Waals surface area contributed by atoms with E-state index in [1.54, 1.807) is 0 Å². The molecule has 0 N–H and O–H groups in total. The normalized spacial score (nSPS) is 26.8. The molecule has 2 rings (SSSR count). The molecule has 0 amide bonds. The lowest BCUT2D eigenvalue weighted by Gasteiger charge is -2.22. The monoisotopic (exact) mass is 210 g/mol. The van der Waals surface area contributed by atoms with Crippen LogP contribution >= 0.6 is 0 Å². The van der Waals surface area contributed by atoms with Crippen LogP contribution in [-0.2, 0) is 14.3 Å². The fraction of sp³-hybridized carbons (Fsp3) is 0.750. The Labute approximate surface area is 90.4 Å². The quantitative estimate of drug-likeness (QED) is 0.713. The Balaban J connectivity index is 1.63. The van der Waals surface area contributed by atoms with Gasteiger partial charge >= 0.3 is 0 Å². The number of rotatable bonds is 4. The molecule has 0 aromatic carbocycles. The van der Waals surface area contributed by atoms with Crippen LogP contribution < -0.4 is 0 Å². The zero-order chi connectivity index (χ0) is 10.5. The lowest BCUT2D eigenvalue weighted by Crippen LogP contribution is -2.22. The van der Waals surface area contributed by atoms with Crippen LogP contribution in [0.4, 0.5) is 0 Å². The van der Waals surface area contributed by atoms with E-state index in [2.05, 4.69) is 0 Å². The Hall–Kier alpha value is -0.670. The van der Waals surface area contributed by atoms with E-state index in [0.29, 0.717) is 18.8 Å². The molecule has 3 heteroatoms. The first-order chi connectivity index (χ1) is 7.36. The summed E-state index contributed by atoms with van der Waals surface area (Å²) in [5, 5.41) is 0. The molecule has 0 aromatic heterocycles. The molecule has 2 aliphatic rings. The van der Waals surface area contributed by atoms with Gasteiger partial charge in [-0.15, -0.1) is 0 Å². The smallest absolute Gasteiger partial charge is 0.158 e. The van der Waals surface area contributed by atoms with Crippen molar-refractivity contribution in [1.29, 1.82) is 0 Å². The van der Waals surface area contributed by atoms with E-state index in [9.17, 15) is 4.79 Å². The lowest BCUT2D eigenvalue weighted by atomic mass is 10.1. The van der Waals surface area contributed by atoms with Crippen molar-refractivity contribution in [1.82, 2.24) is 0 Å². The molecule has 1 aliphatic carbocycles. The first-order valence-electron chi connectivity index (χ1n) is 5.82. The highest BCUT2D eigenvalue weighted by molar-refractivity contribution is 5.97. The average molecular weight is 210 g/mol. The van der Waals surface area contributed by atoms with Crippen molar-refractivity contribution in [2.45, 2.75) is 44.8 Å². The van der Waals surface area contributed by atoms with E-state index < -0.39 is 0 Å². The fourth-order valence-electron chi connectivity index (χ4n) is 2.04. The number of hydrogen-bond acceptors (Lipinski definition) is 3. The molecule has 15 heavy (non-hydrogen) atoms. The van der Waals surface area contributed by atoms with Gasteiger partial charge in [0.1, 0.15) is 0 Å². The molecule has 0 spiro atoms. The molecular weight excluding hydrogens is 192 g/mol. The largest absolute Gasteiger partial charge is 0.353 e. The van der Waals surface area contributed by atoms with Gasteiger partial charge in [-0.3, -0.25) is 4.79 Å². The number of ketones is 1. The van der Waals surface area contributed by atoms with Crippen molar-refractivity contribution < 1.29 is 14.3 Å². The van der Waals surface area contributed by atoms with E-state index >= 15 is 0 Å². The second kappa shape index (κ2) is 5.42. The maximum Gasteiger partial charge on any atom is 0.158 e. The van der Waals surface area contributed by atoms with Crippen molar-refractivity contribution in [3.05, 3.63) is 11.6 Å². The van der Waals surface area contributed by atoms with Gasteiger partial charge in [-0.1, -0.05) is 6.08 Å². The summed E-state index contributed by atoms with van der Waals surface area (Å²) in [6.45, 7) is 1.43. The molecule has 1 atom stereocenters. The maximum atomic E-state index is 11.3. The molecule has 0 radical (unpaired) electrons. The Kier molecular flexibility index (Phi) is 3.92. The summed E-state index contributed by atoms with van der Waals surface area (Å²) in [7, 11) is 0. The fourth-order valence-corrected chi connectivity index (χ4v) is 2.04. The summed E-state index contributed by atoms with van der Waals surface area (Å²) < 4.78 is 11.0. The van der Waals surface area contributed by atoms with Crippen molar-refractivity contribution in [3.63, 3.8) is 0 Å². The van der Waals surface area contributed by atoms with Gasteiger partial charge in [0.25, 0.3) is 0 Å². The average Bonchev–Trinajstić information content (AvgIpc) is 2.66. The van der Waals surface area contributed by atoms with Crippen LogP contribution in [0.1, 0.15) is 38.5 Å². The SMILES string of the molecule is O=C1CCC=C1CCOC1CCCCO1. The van der Waals surface area contributed by atoms with Gasteiger partial charge in [0.2, 0.25) is 0 Å². The molecule has 84 valence electrons. The molecule has 0 aromatic rings.